The Bertz CT molecular complexity index is 1460. The number of nitrogens with zero attached hydrogens (tertiary/aromatic N) is 7. The van der Waals surface area contributed by atoms with Crippen LogP contribution in [0, 0.1) is 0 Å². The average Bonchev–Trinajstić information content (AvgIpc) is 3.48. The maximum absolute atomic E-state index is 13.4. The number of nitrogens with one attached hydrogen (secondary N) is 2. The van der Waals surface area contributed by atoms with Crippen LogP contribution < -0.4 is 10.6 Å². The van der Waals surface area contributed by atoms with Gasteiger partial charge in [0.15, 0.2) is 5.82 Å². The molecule has 186 valence electrons. The van der Waals surface area contributed by atoms with Crippen LogP contribution >= 0.6 is 34.8 Å². The topological polar surface area (TPSA) is 133 Å². The lowest BCUT2D eigenvalue weighted by Gasteiger charge is -2.13. The first-order valence-electron chi connectivity index (χ1n) is 9.96. The molecular weight excluding hydrogens is 543 g/mol. The zero-order chi connectivity index (χ0) is 26.0. The van der Waals surface area contributed by atoms with E-state index in [-0.39, 0.29) is 50.1 Å². The van der Waals surface area contributed by atoms with E-state index in [2.05, 4.69) is 36.2 Å². The molecule has 2 N–H and O–H groups in total. The van der Waals surface area contributed by atoms with Gasteiger partial charge in [0.2, 0.25) is 5.82 Å². The number of hydrogen-bond acceptors (Lipinski definition) is 7. The maximum atomic E-state index is 13.4. The predicted molar refractivity (Wildman–Crippen MR) is 126 cm³/mol. The van der Waals surface area contributed by atoms with Crippen molar-refractivity contribution >= 4 is 52.3 Å². The summed E-state index contributed by atoms with van der Waals surface area (Å²) < 4.78 is 28.4. The number of carbonyl (C=O) groups excluding carboxylic acids is 2. The molecule has 3 heterocycles. The molecule has 0 spiro atoms. The second-order valence-corrected chi connectivity index (χ2v) is 8.33. The lowest BCUT2D eigenvalue weighted by molar-refractivity contribution is 0.0964. The standard InChI is InChI=1S/C20H14Cl3F2N9O2/c1-26-19(35)11-5-9(21)6-13(23)15(11)28-20(36)14-7-10(8-33-18(16(24)25)29-31-32-33)30-34(14)17-12(22)3-2-4-27-17/h2-7,16H,8H2,1H3,(H,26,35)(H,28,36). The van der Waals surface area contributed by atoms with Crippen LogP contribution in [0.25, 0.3) is 5.82 Å². The summed E-state index contributed by atoms with van der Waals surface area (Å²) in [4.78, 5) is 29.9. The van der Waals surface area contributed by atoms with Gasteiger partial charge in [-0.15, -0.1) is 5.10 Å². The molecular formula is C20H14Cl3F2N9O2. The van der Waals surface area contributed by atoms with E-state index >= 15 is 0 Å². The van der Waals surface area contributed by atoms with Gasteiger partial charge in [0, 0.05) is 18.3 Å². The number of rotatable bonds is 7. The Hall–Kier alpha value is -3.68. The Balaban J connectivity index is 1.78. The van der Waals surface area contributed by atoms with Gasteiger partial charge in [-0.2, -0.15) is 5.10 Å². The molecule has 0 radical (unpaired) electrons. The highest BCUT2D eigenvalue weighted by Gasteiger charge is 2.24. The number of amides is 2. The molecule has 4 aromatic rings. The molecule has 0 saturated heterocycles. The van der Waals surface area contributed by atoms with Crippen LogP contribution in [0.15, 0.2) is 36.5 Å². The van der Waals surface area contributed by atoms with Crippen molar-refractivity contribution in [3.05, 3.63) is 74.4 Å². The van der Waals surface area contributed by atoms with Crippen molar-refractivity contribution in [3.8, 4) is 5.82 Å². The molecule has 16 heteroatoms. The highest BCUT2D eigenvalue weighted by molar-refractivity contribution is 6.38. The van der Waals surface area contributed by atoms with Crippen molar-refractivity contribution in [1.29, 1.82) is 0 Å². The van der Waals surface area contributed by atoms with Gasteiger partial charge < -0.3 is 10.6 Å². The summed E-state index contributed by atoms with van der Waals surface area (Å²) in [5.74, 6) is -1.88. The van der Waals surface area contributed by atoms with E-state index in [0.717, 1.165) is 9.36 Å². The minimum atomic E-state index is -2.93. The van der Waals surface area contributed by atoms with Crippen LogP contribution in [-0.4, -0.2) is 53.8 Å². The number of tetrazole rings is 1. The third kappa shape index (κ3) is 5.12. The van der Waals surface area contributed by atoms with Crippen molar-refractivity contribution in [2.24, 2.45) is 0 Å². The summed E-state index contributed by atoms with van der Waals surface area (Å²) >= 11 is 18.5. The van der Waals surface area contributed by atoms with Gasteiger partial charge in [-0.25, -0.2) is 23.1 Å². The fourth-order valence-corrected chi connectivity index (χ4v) is 3.93. The van der Waals surface area contributed by atoms with E-state index in [1.807, 2.05) is 0 Å². The van der Waals surface area contributed by atoms with Crippen LogP contribution in [0.3, 0.4) is 0 Å². The molecule has 0 saturated carbocycles. The predicted octanol–water partition coefficient (Wildman–Crippen LogP) is 3.81. The Morgan fingerprint density at radius 1 is 1.11 bits per heavy atom. The highest BCUT2D eigenvalue weighted by Crippen LogP contribution is 2.31. The van der Waals surface area contributed by atoms with Gasteiger partial charge in [0.25, 0.3) is 18.2 Å². The second-order valence-electron chi connectivity index (χ2n) is 7.08. The van der Waals surface area contributed by atoms with Crippen molar-refractivity contribution in [2.75, 3.05) is 12.4 Å². The van der Waals surface area contributed by atoms with Crippen molar-refractivity contribution in [1.82, 2.24) is 40.3 Å². The largest absolute Gasteiger partial charge is 0.355 e. The number of pyridine rings is 1. The fraction of sp³-hybridized carbons (Fsp3) is 0.150. The van der Waals surface area contributed by atoms with Gasteiger partial charge in [0.1, 0.15) is 5.69 Å². The monoisotopic (exact) mass is 555 g/mol. The van der Waals surface area contributed by atoms with E-state index in [0.29, 0.717) is 0 Å². The lowest BCUT2D eigenvalue weighted by atomic mass is 10.1. The molecule has 0 aliphatic carbocycles. The maximum Gasteiger partial charge on any atom is 0.298 e. The van der Waals surface area contributed by atoms with Crippen LogP contribution in [0.5, 0.6) is 0 Å². The summed E-state index contributed by atoms with van der Waals surface area (Å²) in [6.07, 6.45) is -1.49. The lowest BCUT2D eigenvalue weighted by Crippen LogP contribution is -2.23. The highest BCUT2D eigenvalue weighted by atomic mass is 35.5. The molecule has 36 heavy (non-hydrogen) atoms. The number of alkyl halides is 2. The van der Waals surface area contributed by atoms with Gasteiger partial charge in [0.05, 0.1) is 33.5 Å². The van der Waals surface area contributed by atoms with Crippen LogP contribution in [0.2, 0.25) is 15.1 Å². The average molecular weight is 557 g/mol. The van der Waals surface area contributed by atoms with Crippen molar-refractivity contribution in [3.63, 3.8) is 0 Å². The zero-order valence-corrected chi connectivity index (χ0v) is 20.4. The van der Waals surface area contributed by atoms with Gasteiger partial charge in [-0.1, -0.05) is 34.8 Å². The molecule has 3 aromatic heterocycles. The first-order chi connectivity index (χ1) is 17.2. The summed E-state index contributed by atoms with van der Waals surface area (Å²) in [5, 5.41) is 19.8. The minimum Gasteiger partial charge on any atom is -0.355 e. The molecule has 0 bridgehead atoms. The first kappa shape index (κ1) is 25.4. The molecule has 1 aromatic carbocycles. The number of benzene rings is 1. The van der Waals surface area contributed by atoms with Crippen molar-refractivity contribution in [2.45, 2.75) is 13.0 Å². The normalized spacial score (nSPS) is 11.1. The number of anilines is 1. The number of carbonyl (C=O) groups is 2. The Morgan fingerprint density at radius 2 is 1.89 bits per heavy atom. The summed E-state index contributed by atoms with van der Waals surface area (Å²) in [6.45, 7) is -0.282. The van der Waals surface area contributed by atoms with E-state index in [1.54, 1.807) is 6.07 Å². The third-order valence-electron chi connectivity index (χ3n) is 4.76. The first-order valence-corrected chi connectivity index (χ1v) is 11.1. The minimum absolute atomic E-state index is 0.00636. The zero-order valence-electron chi connectivity index (χ0n) is 18.1. The Kier molecular flexibility index (Phi) is 7.43. The smallest absolute Gasteiger partial charge is 0.298 e. The van der Waals surface area contributed by atoms with Gasteiger partial charge in [-0.05, 0) is 40.8 Å². The molecule has 11 nitrogen and oxygen atoms in total. The van der Waals surface area contributed by atoms with Crippen molar-refractivity contribution < 1.29 is 18.4 Å². The SMILES string of the molecule is CNC(=O)c1cc(Cl)cc(Cl)c1NC(=O)c1cc(Cn2nnnc2C(F)F)nn1-c1ncccc1Cl. The Morgan fingerprint density at radius 3 is 2.58 bits per heavy atom. The van der Waals surface area contributed by atoms with E-state index in [1.165, 1.54) is 37.5 Å². The van der Waals surface area contributed by atoms with Gasteiger partial charge >= 0.3 is 0 Å². The van der Waals surface area contributed by atoms with E-state index in [9.17, 15) is 18.4 Å². The molecule has 4 rings (SSSR count). The van der Waals surface area contributed by atoms with Crippen LogP contribution in [-0.2, 0) is 6.54 Å². The molecule has 0 aliphatic rings. The molecule has 2 amide bonds. The fourth-order valence-electron chi connectivity index (χ4n) is 3.19. The third-order valence-corrected chi connectivity index (χ3v) is 5.58. The van der Waals surface area contributed by atoms with Crippen LogP contribution in [0.1, 0.15) is 38.8 Å². The molecule has 0 atom stereocenters. The number of halogens is 5. The van der Waals surface area contributed by atoms with E-state index < -0.39 is 24.1 Å². The Labute approximate surface area is 216 Å². The quantitative estimate of drug-likeness (QED) is 0.354. The second kappa shape index (κ2) is 10.5. The molecule has 0 aliphatic heterocycles. The molecule has 0 fully saturated rings. The summed E-state index contributed by atoms with van der Waals surface area (Å²) in [6, 6.07) is 7.12. The number of hydrogen-bond donors (Lipinski definition) is 2. The van der Waals surface area contributed by atoms with E-state index in [4.69, 9.17) is 34.8 Å². The summed E-state index contributed by atoms with van der Waals surface area (Å²) in [7, 11) is 1.40. The summed E-state index contributed by atoms with van der Waals surface area (Å²) in [5.41, 5.74) is 0.0593. The van der Waals surface area contributed by atoms with Gasteiger partial charge in [-0.3, -0.25) is 9.59 Å². The van der Waals surface area contributed by atoms with Crippen LogP contribution in [0.4, 0.5) is 14.5 Å². The molecule has 0 unspecified atom stereocenters. The number of aromatic nitrogens is 7.